The van der Waals surface area contributed by atoms with Crippen molar-refractivity contribution in [3.05, 3.63) is 35.4 Å². The van der Waals surface area contributed by atoms with Crippen LogP contribution >= 0.6 is 0 Å². The molecule has 1 saturated heterocycles. The molecule has 21 heavy (non-hydrogen) atoms. The highest BCUT2D eigenvalue weighted by Gasteiger charge is 2.37. The Morgan fingerprint density at radius 1 is 1.05 bits per heavy atom. The molecule has 2 aliphatic rings. The molecule has 3 rings (SSSR count). The van der Waals surface area contributed by atoms with E-state index in [2.05, 4.69) is 36.1 Å². The van der Waals surface area contributed by atoms with E-state index >= 15 is 0 Å². The number of hydrogen-bond acceptors (Lipinski definition) is 2. The van der Waals surface area contributed by atoms with E-state index in [4.69, 9.17) is 0 Å². The van der Waals surface area contributed by atoms with E-state index in [0.717, 1.165) is 18.5 Å². The van der Waals surface area contributed by atoms with Crippen molar-refractivity contribution in [3.63, 3.8) is 0 Å². The lowest BCUT2D eigenvalue weighted by Crippen LogP contribution is -2.40. The molecule has 1 N–H and O–H groups in total. The molecule has 0 aromatic heterocycles. The minimum atomic E-state index is -0.339. The molecule has 1 aromatic carbocycles. The topological polar surface area (TPSA) is 23.5 Å². The van der Waals surface area contributed by atoms with E-state index in [1.807, 2.05) is 0 Å². The van der Waals surface area contributed by atoms with Gasteiger partial charge in [0, 0.05) is 6.54 Å². The lowest BCUT2D eigenvalue weighted by molar-refractivity contribution is 0.0596. The van der Waals surface area contributed by atoms with Gasteiger partial charge >= 0.3 is 0 Å². The Balaban J connectivity index is 1.52. The van der Waals surface area contributed by atoms with Crippen molar-refractivity contribution in [1.82, 2.24) is 4.90 Å². The number of rotatable bonds is 4. The summed E-state index contributed by atoms with van der Waals surface area (Å²) in [7, 11) is 0. The van der Waals surface area contributed by atoms with E-state index < -0.39 is 0 Å². The largest absolute Gasteiger partial charge is 0.387 e. The molecule has 1 aromatic rings. The number of aliphatic hydroxyl groups excluding tert-OH is 1. The Labute approximate surface area is 129 Å². The maximum atomic E-state index is 10.5. The molecule has 2 heteroatoms. The van der Waals surface area contributed by atoms with Gasteiger partial charge in [0.2, 0.25) is 0 Å². The SMILES string of the molecule is CCc1ccc(C(O)CN2CCC3(CCCC3)CC2)cc1. The van der Waals surface area contributed by atoms with Crippen molar-refractivity contribution in [3.8, 4) is 0 Å². The summed E-state index contributed by atoms with van der Waals surface area (Å²) >= 11 is 0. The van der Waals surface area contributed by atoms with Crippen LogP contribution in [0.25, 0.3) is 0 Å². The highest BCUT2D eigenvalue weighted by molar-refractivity contribution is 5.24. The summed E-state index contributed by atoms with van der Waals surface area (Å²) in [5.74, 6) is 0. The predicted octanol–water partition coefficient (Wildman–Crippen LogP) is 3.94. The molecule has 0 radical (unpaired) electrons. The van der Waals surface area contributed by atoms with Gasteiger partial charge in [-0.1, -0.05) is 44.0 Å². The lowest BCUT2D eigenvalue weighted by atomic mass is 9.77. The first-order valence-corrected chi connectivity index (χ1v) is 8.70. The third-order valence-electron chi connectivity index (χ3n) is 5.78. The summed E-state index contributed by atoms with van der Waals surface area (Å²) in [5.41, 5.74) is 3.07. The first kappa shape index (κ1) is 15.1. The molecule has 1 atom stereocenters. The highest BCUT2D eigenvalue weighted by Crippen LogP contribution is 2.46. The lowest BCUT2D eigenvalue weighted by Gasteiger charge is -2.40. The summed E-state index contributed by atoms with van der Waals surface area (Å²) in [6.45, 7) is 5.30. The van der Waals surface area contributed by atoms with Crippen molar-refractivity contribution >= 4 is 0 Å². The Bertz CT molecular complexity index is 437. The van der Waals surface area contributed by atoms with E-state index in [0.29, 0.717) is 5.41 Å². The average Bonchev–Trinajstić information content (AvgIpc) is 2.98. The second-order valence-electron chi connectivity index (χ2n) is 7.12. The van der Waals surface area contributed by atoms with Crippen LogP contribution in [0.3, 0.4) is 0 Å². The van der Waals surface area contributed by atoms with Crippen molar-refractivity contribution in [1.29, 1.82) is 0 Å². The summed E-state index contributed by atoms with van der Waals surface area (Å²) in [4.78, 5) is 2.46. The third kappa shape index (κ3) is 3.49. The smallest absolute Gasteiger partial charge is 0.0916 e. The van der Waals surface area contributed by atoms with Crippen molar-refractivity contribution in [2.24, 2.45) is 5.41 Å². The molecule has 116 valence electrons. The molecule has 1 aliphatic heterocycles. The Hall–Kier alpha value is -0.860. The maximum Gasteiger partial charge on any atom is 0.0916 e. The van der Waals surface area contributed by atoms with E-state index in [9.17, 15) is 5.11 Å². The third-order valence-corrected chi connectivity index (χ3v) is 5.78. The predicted molar refractivity (Wildman–Crippen MR) is 87.4 cm³/mol. The summed E-state index contributed by atoms with van der Waals surface area (Å²) < 4.78 is 0. The van der Waals surface area contributed by atoms with Gasteiger partial charge in [-0.3, -0.25) is 0 Å². The molecule has 2 nitrogen and oxygen atoms in total. The molecule has 0 bridgehead atoms. The molecular formula is C19H29NO. The Morgan fingerprint density at radius 2 is 1.67 bits per heavy atom. The number of piperidine rings is 1. The van der Waals surface area contributed by atoms with Crippen LogP contribution in [-0.4, -0.2) is 29.6 Å². The normalized spacial score (nSPS) is 23.5. The Morgan fingerprint density at radius 3 is 2.24 bits per heavy atom. The summed E-state index contributed by atoms with van der Waals surface area (Å²) in [6.07, 6.45) is 9.17. The van der Waals surface area contributed by atoms with Crippen LogP contribution < -0.4 is 0 Å². The van der Waals surface area contributed by atoms with Crippen LogP contribution in [0.1, 0.15) is 62.7 Å². The van der Waals surface area contributed by atoms with Gasteiger partial charge in [-0.2, -0.15) is 0 Å². The summed E-state index contributed by atoms with van der Waals surface area (Å²) in [6, 6.07) is 8.46. The number of aliphatic hydroxyl groups is 1. The second kappa shape index (κ2) is 6.50. The first-order valence-electron chi connectivity index (χ1n) is 8.70. The molecule has 0 amide bonds. The van der Waals surface area contributed by atoms with E-state index in [1.54, 1.807) is 0 Å². The minimum Gasteiger partial charge on any atom is -0.387 e. The maximum absolute atomic E-state index is 10.5. The molecular weight excluding hydrogens is 258 g/mol. The number of aryl methyl sites for hydroxylation is 1. The van der Waals surface area contributed by atoms with Crippen LogP contribution in [0.4, 0.5) is 0 Å². The molecule has 1 saturated carbocycles. The average molecular weight is 287 g/mol. The van der Waals surface area contributed by atoms with Gasteiger partial charge in [0.1, 0.15) is 0 Å². The summed E-state index contributed by atoms with van der Waals surface area (Å²) in [5, 5.41) is 10.5. The van der Waals surface area contributed by atoms with Crippen molar-refractivity contribution in [2.45, 2.75) is 58.0 Å². The van der Waals surface area contributed by atoms with Crippen LogP contribution in [0.5, 0.6) is 0 Å². The fraction of sp³-hybridized carbons (Fsp3) is 0.684. The molecule has 2 fully saturated rings. The van der Waals surface area contributed by atoms with Gasteiger partial charge in [-0.05, 0) is 61.7 Å². The highest BCUT2D eigenvalue weighted by atomic mass is 16.3. The van der Waals surface area contributed by atoms with Crippen LogP contribution in [0.2, 0.25) is 0 Å². The minimum absolute atomic E-state index is 0.339. The fourth-order valence-electron chi connectivity index (χ4n) is 4.16. The van der Waals surface area contributed by atoms with Crippen LogP contribution in [0, 0.1) is 5.41 Å². The van der Waals surface area contributed by atoms with Gasteiger partial charge in [-0.25, -0.2) is 0 Å². The van der Waals surface area contributed by atoms with Crippen LogP contribution in [-0.2, 0) is 6.42 Å². The quantitative estimate of drug-likeness (QED) is 0.906. The number of likely N-dealkylation sites (tertiary alicyclic amines) is 1. The molecule has 1 aliphatic carbocycles. The van der Waals surface area contributed by atoms with Gasteiger partial charge in [0.05, 0.1) is 6.10 Å². The van der Waals surface area contributed by atoms with Crippen molar-refractivity contribution < 1.29 is 5.11 Å². The van der Waals surface area contributed by atoms with Crippen molar-refractivity contribution in [2.75, 3.05) is 19.6 Å². The zero-order chi connectivity index (χ0) is 14.7. The number of nitrogens with zero attached hydrogens (tertiary/aromatic N) is 1. The monoisotopic (exact) mass is 287 g/mol. The molecule has 1 spiro atoms. The molecule has 1 heterocycles. The van der Waals surface area contributed by atoms with E-state index in [-0.39, 0.29) is 6.10 Å². The van der Waals surface area contributed by atoms with Crippen LogP contribution in [0.15, 0.2) is 24.3 Å². The number of hydrogen-bond donors (Lipinski definition) is 1. The van der Waals surface area contributed by atoms with Gasteiger partial charge in [0.25, 0.3) is 0 Å². The number of benzene rings is 1. The van der Waals surface area contributed by atoms with Gasteiger partial charge in [-0.15, -0.1) is 0 Å². The van der Waals surface area contributed by atoms with Gasteiger partial charge < -0.3 is 10.0 Å². The second-order valence-corrected chi connectivity index (χ2v) is 7.12. The Kier molecular flexibility index (Phi) is 4.66. The molecule has 1 unspecified atom stereocenters. The fourth-order valence-corrected chi connectivity index (χ4v) is 4.16. The van der Waals surface area contributed by atoms with Gasteiger partial charge in [0.15, 0.2) is 0 Å². The first-order chi connectivity index (χ1) is 10.2. The zero-order valence-electron chi connectivity index (χ0n) is 13.4. The van der Waals surface area contributed by atoms with E-state index in [1.165, 1.54) is 57.2 Å². The number of β-amino-alcohol motifs (C(OH)–C–C–N with tert-alkyl or cyclic N) is 1. The zero-order valence-corrected chi connectivity index (χ0v) is 13.4. The standard InChI is InChI=1S/C19H29NO/c1-2-16-5-7-17(8-6-16)18(21)15-20-13-11-19(12-14-20)9-3-4-10-19/h5-8,18,21H,2-4,9-15H2,1H3.